The summed E-state index contributed by atoms with van der Waals surface area (Å²) >= 11 is 0. The van der Waals surface area contributed by atoms with Crippen molar-refractivity contribution in [2.75, 3.05) is 13.7 Å². The molecule has 9 nitrogen and oxygen atoms in total. The van der Waals surface area contributed by atoms with Gasteiger partial charge in [-0.15, -0.1) is 0 Å². The molecule has 10 heteroatoms. The standard InChI is InChI=1S/C17H17FN4O5/c1-5-26-17(23)12-9-21(20-4)15(10(12)2)16(19-3)27-14-7-6-11(22(24)25)8-13(14)18/h6-9H,4-5H2,1-3H3. The Hall–Kier alpha value is -3.56. The molecule has 0 aliphatic heterocycles. The largest absolute Gasteiger partial charge is 0.462 e. The van der Waals surface area contributed by atoms with E-state index in [9.17, 15) is 19.3 Å². The third kappa shape index (κ3) is 4.00. The van der Waals surface area contributed by atoms with Crippen molar-refractivity contribution in [1.82, 2.24) is 4.68 Å². The molecule has 0 fully saturated rings. The Balaban J connectivity index is 2.45. The van der Waals surface area contributed by atoms with Crippen LogP contribution in [0.1, 0.15) is 28.5 Å². The monoisotopic (exact) mass is 376 g/mol. The molecule has 0 aliphatic rings. The van der Waals surface area contributed by atoms with E-state index in [0.717, 1.165) is 18.2 Å². The van der Waals surface area contributed by atoms with Gasteiger partial charge in [0.1, 0.15) is 5.69 Å². The number of benzene rings is 1. The predicted molar refractivity (Wildman–Crippen MR) is 96.2 cm³/mol. The van der Waals surface area contributed by atoms with Crippen LogP contribution in [0.15, 0.2) is 34.5 Å². The van der Waals surface area contributed by atoms with Crippen LogP contribution in [0.5, 0.6) is 5.75 Å². The molecule has 0 atom stereocenters. The number of aliphatic imine (C=N–C) groups is 1. The van der Waals surface area contributed by atoms with Gasteiger partial charge in [0.15, 0.2) is 11.6 Å². The molecule has 27 heavy (non-hydrogen) atoms. The van der Waals surface area contributed by atoms with Gasteiger partial charge in [0.05, 0.1) is 23.2 Å². The number of halogens is 1. The Bertz CT molecular complexity index is 936. The number of hydrogen-bond acceptors (Lipinski definition) is 7. The molecule has 0 bridgehead atoms. The summed E-state index contributed by atoms with van der Waals surface area (Å²) in [6.45, 7) is 6.92. The summed E-state index contributed by atoms with van der Waals surface area (Å²) in [6.07, 6.45) is 1.40. The minimum Gasteiger partial charge on any atom is -0.462 e. The molecule has 0 unspecified atom stereocenters. The van der Waals surface area contributed by atoms with Gasteiger partial charge in [-0.05, 0) is 25.5 Å². The summed E-state index contributed by atoms with van der Waals surface area (Å²) in [5.41, 5.74) is 0.539. The first-order chi connectivity index (χ1) is 12.8. The highest BCUT2D eigenvalue weighted by molar-refractivity contribution is 6.00. The minimum atomic E-state index is -0.932. The van der Waals surface area contributed by atoms with Crippen molar-refractivity contribution in [3.05, 3.63) is 57.1 Å². The number of carbonyl (C=O) groups excluding carboxylic acids is 1. The van der Waals surface area contributed by atoms with Crippen molar-refractivity contribution in [2.24, 2.45) is 10.1 Å². The van der Waals surface area contributed by atoms with Gasteiger partial charge < -0.3 is 9.47 Å². The van der Waals surface area contributed by atoms with Crippen LogP contribution in [-0.4, -0.2) is 41.8 Å². The number of rotatable bonds is 6. The molecular weight excluding hydrogens is 359 g/mol. The summed E-state index contributed by atoms with van der Waals surface area (Å²) in [5, 5.41) is 14.5. The third-order valence-electron chi connectivity index (χ3n) is 3.63. The molecule has 0 aliphatic carbocycles. The number of ether oxygens (including phenoxy) is 2. The zero-order valence-electron chi connectivity index (χ0n) is 14.9. The van der Waals surface area contributed by atoms with E-state index in [-0.39, 0.29) is 29.5 Å². The fourth-order valence-corrected chi connectivity index (χ4v) is 2.36. The number of nitro benzene ring substituents is 1. The summed E-state index contributed by atoms with van der Waals surface area (Å²) in [5.74, 6) is -1.81. The number of carbonyl (C=O) groups is 1. The third-order valence-corrected chi connectivity index (χ3v) is 3.63. The van der Waals surface area contributed by atoms with E-state index in [0.29, 0.717) is 5.56 Å². The van der Waals surface area contributed by atoms with Crippen LogP contribution in [0.3, 0.4) is 0 Å². The quantitative estimate of drug-likeness (QED) is 0.253. The number of non-ortho nitro benzene ring substituents is 1. The maximum absolute atomic E-state index is 14.1. The lowest BCUT2D eigenvalue weighted by molar-refractivity contribution is -0.385. The lowest BCUT2D eigenvalue weighted by atomic mass is 10.1. The molecule has 2 aromatic rings. The second-order valence-electron chi connectivity index (χ2n) is 5.23. The Kier molecular flexibility index (Phi) is 6.01. The van der Waals surface area contributed by atoms with E-state index < -0.39 is 22.4 Å². The first kappa shape index (κ1) is 19.8. The lowest BCUT2D eigenvalue weighted by Gasteiger charge is -2.11. The molecule has 0 amide bonds. The molecule has 1 aromatic carbocycles. The molecule has 0 spiro atoms. The van der Waals surface area contributed by atoms with Crippen molar-refractivity contribution in [2.45, 2.75) is 13.8 Å². The number of aromatic nitrogens is 1. The van der Waals surface area contributed by atoms with E-state index in [1.165, 1.54) is 17.9 Å². The van der Waals surface area contributed by atoms with Crippen molar-refractivity contribution < 1.29 is 23.6 Å². The van der Waals surface area contributed by atoms with Crippen LogP contribution in [-0.2, 0) is 4.74 Å². The molecule has 0 N–H and O–H groups in total. The maximum Gasteiger partial charge on any atom is 0.340 e. The van der Waals surface area contributed by atoms with Crippen LogP contribution >= 0.6 is 0 Å². The summed E-state index contributed by atoms with van der Waals surface area (Å²) in [7, 11) is 1.41. The summed E-state index contributed by atoms with van der Waals surface area (Å²) in [4.78, 5) is 26.0. The summed E-state index contributed by atoms with van der Waals surface area (Å²) < 4.78 is 25.9. The van der Waals surface area contributed by atoms with Gasteiger partial charge >= 0.3 is 5.97 Å². The minimum absolute atomic E-state index is 0.0526. The van der Waals surface area contributed by atoms with Crippen LogP contribution in [0, 0.1) is 22.9 Å². The van der Waals surface area contributed by atoms with Crippen LogP contribution in [0.2, 0.25) is 0 Å². The normalized spacial score (nSPS) is 11.2. The first-order valence-corrected chi connectivity index (χ1v) is 7.79. The van der Waals surface area contributed by atoms with E-state index in [4.69, 9.17) is 9.47 Å². The van der Waals surface area contributed by atoms with Crippen molar-refractivity contribution >= 4 is 24.3 Å². The molecule has 1 aromatic heterocycles. The van der Waals surface area contributed by atoms with Crippen molar-refractivity contribution in [3.63, 3.8) is 0 Å². The number of hydrogen-bond donors (Lipinski definition) is 0. The average Bonchev–Trinajstić information content (AvgIpc) is 2.97. The maximum atomic E-state index is 14.1. The highest BCUT2D eigenvalue weighted by Gasteiger charge is 2.24. The fraction of sp³-hybridized carbons (Fsp3) is 0.235. The lowest BCUT2D eigenvalue weighted by Crippen LogP contribution is -2.16. The van der Waals surface area contributed by atoms with E-state index in [1.54, 1.807) is 13.8 Å². The van der Waals surface area contributed by atoms with Gasteiger partial charge in [-0.25, -0.2) is 13.9 Å². The van der Waals surface area contributed by atoms with Crippen LogP contribution in [0.25, 0.3) is 0 Å². The van der Waals surface area contributed by atoms with Gasteiger partial charge in [0.2, 0.25) is 5.90 Å². The molecule has 0 saturated heterocycles. The SMILES string of the molecule is C=Nn1cc(C(=O)OCC)c(C)c1C(=NC)Oc1ccc([N+](=O)[O-])cc1F. The molecule has 1 heterocycles. The van der Waals surface area contributed by atoms with E-state index in [2.05, 4.69) is 16.8 Å². The van der Waals surface area contributed by atoms with E-state index >= 15 is 0 Å². The molecular formula is C17H17FN4O5. The van der Waals surface area contributed by atoms with Gasteiger partial charge in [0, 0.05) is 26.0 Å². The molecule has 0 radical (unpaired) electrons. The van der Waals surface area contributed by atoms with Gasteiger partial charge in [0.25, 0.3) is 5.69 Å². The second-order valence-corrected chi connectivity index (χ2v) is 5.23. The Morgan fingerprint density at radius 3 is 2.67 bits per heavy atom. The first-order valence-electron chi connectivity index (χ1n) is 7.79. The zero-order chi connectivity index (χ0) is 20.1. The smallest absolute Gasteiger partial charge is 0.340 e. The Morgan fingerprint density at radius 2 is 2.15 bits per heavy atom. The van der Waals surface area contributed by atoms with Crippen LogP contribution in [0.4, 0.5) is 10.1 Å². The van der Waals surface area contributed by atoms with Gasteiger partial charge in [-0.2, -0.15) is 5.10 Å². The van der Waals surface area contributed by atoms with Crippen molar-refractivity contribution in [3.8, 4) is 5.75 Å². The Labute approximate surface area is 153 Å². The molecule has 142 valence electrons. The fourth-order valence-electron chi connectivity index (χ4n) is 2.36. The molecule has 2 rings (SSSR count). The predicted octanol–water partition coefficient (Wildman–Crippen LogP) is 2.94. The molecule has 0 saturated carbocycles. The average molecular weight is 376 g/mol. The highest BCUT2D eigenvalue weighted by atomic mass is 19.1. The number of esters is 1. The number of nitrogens with zero attached hydrogens (tertiary/aromatic N) is 4. The van der Waals surface area contributed by atoms with Crippen molar-refractivity contribution in [1.29, 1.82) is 0 Å². The second kappa shape index (κ2) is 8.21. The highest BCUT2D eigenvalue weighted by Crippen LogP contribution is 2.25. The van der Waals surface area contributed by atoms with Gasteiger partial charge in [-0.1, -0.05) is 0 Å². The number of nitro groups is 1. The summed E-state index contributed by atoms with van der Waals surface area (Å²) in [6, 6.07) is 2.96. The Morgan fingerprint density at radius 1 is 1.44 bits per heavy atom. The van der Waals surface area contributed by atoms with Gasteiger partial charge in [-0.3, -0.25) is 15.1 Å². The zero-order valence-corrected chi connectivity index (χ0v) is 14.9. The van der Waals surface area contributed by atoms with E-state index in [1.807, 2.05) is 0 Å². The van der Waals surface area contributed by atoms with Crippen LogP contribution < -0.4 is 4.74 Å². The topological polar surface area (TPSA) is 108 Å².